The summed E-state index contributed by atoms with van der Waals surface area (Å²) < 4.78 is 15.0. The molecule has 0 unspecified atom stereocenters. The van der Waals surface area contributed by atoms with E-state index in [0.29, 0.717) is 0 Å². The van der Waals surface area contributed by atoms with Crippen LogP contribution in [0.3, 0.4) is 0 Å². The van der Waals surface area contributed by atoms with Gasteiger partial charge in [0.25, 0.3) is 0 Å². The van der Waals surface area contributed by atoms with Crippen LogP contribution in [0.4, 0.5) is 4.79 Å². The smallest absolute Gasteiger partial charge is 0.410 e. The van der Waals surface area contributed by atoms with E-state index >= 15 is 0 Å². The fourth-order valence-corrected chi connectivity index (χ4v) is 2.27. The van der Waals surface area contributed by atoms with Crippen molar-refractivity contribution in [3.8, 4) is 0 Å². The number of methoxy groups -OCH3 is 1. The lowest BCUT2D eigenvalue weighted by molar-refractivity contribution is -0.147. The number of carbonyl (C=O) groups is 4. The second-order valence-corrected chi connectivity index (χ2v) is 7.36. The molecule has 0 bridgehead atoms. The van der Waals surface area contributed by atoms with Gasteiger partial charge in [-0.2, -0.15) is 0 Å². The Hall–Kier alpha value is -3.14. The summed E-state index contributed by atoms with van der Waals surface area (Å²) in [6, 6.07) is 7.88. The molecule has 0 aliphatic carbocycles. The molecule has 0 heterocycles. The predicted octanol–water partition coefficient (Wildman–Crippen LogP) is 1.18. The van der Waals surface area contributed by atoms with Gasteiger partial charge in [0.05, 0.1) is 20.2 Å². The van der Waals surface area contributed by atoms with Gasteiger partial charge in [-0.05, 0) is 26.3 Å². The highest BCUT2D eigenvalue weighted by Crippen LogP contribution is 2.10. The van der Waals surface area contributed by atoms with Crippen molar-refractivity contribution in [1.82, 2.24) is 10.2 Å². The summed E-state index contributed by atoms with van der Waals surface area (Å²) in [5.41, 5.74) is -0.0589. The molecule has 0 aromatic heterocycles. The van der Waals surface area contributed by atoms with Crippen molar-refractivity contribution in [2.75, 3.05) is 26.7 Å². The number of hydrogen-bond donors (Lipinski definition) is 2. The van der Waals surface area contributed by atoms with Crippen molar-refractivity contribution >= 4 is 24.0 Å². The van der Waals surface area contributed by atoms with Gasteiger partial charge >= 0.3 is 24.0 Å². The number of benzene rings is 1. The molecule has 0 radical (unpaired) electrons. The zero-order valence-electron chi connectivity index (χ0n) is 17.5. The molecule has 166 valence electrons. The molecule has 1 aromatic carbocycles. The number of carboxylic acid groups (broad SMARTS) is 1. The quantitative estimate of drug-likeness (QED) is 0.420. The van der Waals surface area contributed by atoms with E-state index < -0.39 is 42.2 Å². The minimum atomic E-state index is -1.29. The molecular weight excluding hydrogens is 396 g/mol. The first-order valence-electron chi connectivity index (χ1n) is 9.22. The molecule has 1 rings (SSSR count). The summed E-state index contributed by atoms with van der Waals surface area (Å²) in [5, 5.41) is 11.7. The molecular formula is C20H28N2O8. The van der Waals surface area contributed by atoms with E-state index in [4.69, 9.17) is 14.6 Å². The van der Waals surface area contributed by atoms with E-state index in [0.717, 1.165) is 17.6 Å². The maximum absolute atomic E-state index is 12.3. The average Bonchev–Trinajstić information content (AvgIpc) is 2.67. The minimum absolute atomic E-state index is 0.0628. The van der Waals surface area contributed by atoms with Crippen molar-refractivity contribution in [3.05, 3.63) is 35.9 Å². The molecule has 0 saturated carbocycles. The summed E-state index contributed by atoms with van der Waals surface area (Å²) in [7, 11) is 1.14. The Kier molecular flexibility index (Phi) is 9.76. The van der Waals surface area contributed by atoms with Gasteiger partial charge < -0.3 is 19.3 Å². The number of carboxylic acids is 1. The number of aliphatic carboxylic acids is 1. The SMILES string of the molecule is COC(=O)[C@H](CN(CC(=O)O)C(=O)OC(C)(C)C)NCC(=O)OCc1ccccc1. The number of esters is 2. The van der Waals surface area contributed by atoms with E-state index in [1.54, 1.807) is 32.9 Å². The van der Waals surface area contributed by atoms with Gasteiger partial charge in [-0.25, -0.2) is 4.79 Å². The number of nitrogens with one attached hydrogen (secondary N) is 1. The molecule has 0 saturated heterocycles. The van der Waals surface area contributed by atoms with Crippen molar-refractivity contribution in [1.29, 1.82) is 0 Å². The largest absolute Gasteiger partial charge is 0.480 e. The average molecular weight is 424 g/mol. The van der Waals surface area contributed by atoms with Gasteiger partial charge in [0, 0.05) is 0 Å². The zero-order chi connectivity index (χ0) is 22.7. The molecule has 0 aliphatic rings. The van der Waals surface area contributed by atoms with E-state index in [2.05, 4.69) is 10.1 Å². The number of carbonyl (C=O) groups excluding carboxylic acids is 3. The summed E-state index contributed by atoms with van der Waals surface area (Å²) in [6.07, 6.45) is -0.910. The monoisotopic (exact) mass is 424 g/mol. The molecule has 0 spiro atoms. The van der Waals surface area contributed by atoms with Gasteiger partial charge in [-0.15, -0.1) is 0 Å². The van der Waals surface area contributed by atoms with Crippen LogP contribution in [0.15, 0.2) is 30.3 Å². The number of hydrogen-bond acceptors (Lipinski definition) is 8. The van der Waals surface area contributed by atoms with Crippen LogP contribution in [-0.2, 0) is 35.2 Å². The first kappa shape index (κ1) is 24.9. The molecule has 1 atom stereocenters. The van der Waals surface area contributed by atoms with Crippen LogP contribution in [0, 0.1) is 0 Å². The van der Waals surface area contributed by atoms with Gasteiger partial charge in [0.15, 0.2) is 0 Å². The van der Waals surface area contributed by atoms with Crippen LogP contribution in [0.5, 0.6) is 0 Å². The maximum Gasteiger partial charge on any atom is 0.410 e. The molecule has 2 N–H and O–H groups in total. The molecule has 30 heavy (non-hydrogen) atoms. The third-order valence-electron chi connectivity index (χ3n) is 3.60. The lowest BCUT2D eigenvalue weighted by atomic mass is 10.2. The Morgan fingerprint density at radius 3 is 2.30 bits per heavy atom. The molecule has 10 nitrogen and oxygen atoms in total. The first-order chi connectivity index (χ1) is 14.0. The number of ether oxygens (including phenoxy) is 3. The van der Waals surface area contributed by atoms with Crippen LogP contribution < -0.4 is 5.32 Å². The summed E-state index contributed by atoms with van der Waals surface area (Å²) in [5.74, 6) is -2.69. The Bertz CT molecular complexity index is 730. The molecule has 0 aliphatic heterocycles. The highest BCUT2D eigenvalue weighted by molar-refractivity contribution is 5.80. The lowest BCUT2D eigenvalue weighted by Crippen LogP contribution is -2.51. The third-order valence-corrected chi connectivity index (χ3v) is 3.60. The van der Waals surface area contributed by atoms with Gasteiger partial charge in [-0.3, -0.25) is 24.6 Å². The second kappa shape index (κ2) is 11.8. The summed E-state index contributed by atoms with van der Waals surface area (Å²) >= 11 is 0. The fraction of sp³-hybridized carbons (Fsp3) is 0.500. The van der Waals surface area contributed by atoms with Crippen LogP contribution in [0.1, 0.15) is 26.3 Å². The number of nitrogens with zero attached hydrogens (tertiary/aromatic N) is 1. The Morgan fingerprint density at radius 1 is 1.13 bits per heavy atom. The standard InChI is InChI=1S/C20H28N2O8/c1-20(2,3)30-19(27)22(12-16(23)24)11-15(18(26)28-4)21-10-17(25)29-13-14-8-6-5-7-9-14/h5-9,15,21H,10-13H2,1-4H3,(H,23,24)/t15-/m0/s1. The minimum Gasteiger partial charge on any atom is -0.480 e. The van der Waals surface area contributed by atoms with Crippen molar-refractivity contribution in [2.45, 2.75) is 39.0 Å². The Morgan fingerprint density at radius 2 is 1.77 bits per heavy atom. The normalized spacial score (nSPS) is 11.9. The highest BCUT2D eigenvalue weighted by atomic mass is 16.6. The van der Waals surface area contributed by atoms with Gasteiger partial charge in [-0.1, -0.05) is 30.3 Å². The van der Waals surface area contributed by atoms with E-state index in [1.165, 1.54) is 0 Å². The summed E-state index contributed by atoms with van der Waals surface area (Å²) in [6.45, 7) is 3.53. The second-order valence-electron chi connectivity index (χ2n) is 7.36. The van der Waals surface area contributed by atoms with E-state index in [1.807, 2.05) is 18.2 Å². The van der Waals surface area contributed by atoms with Crippen LogP contribution >= 0.6 is 0 Å². The van der Waals surface area contributed by atoms with Crippen LogP contribution in [0.25, 0.3) is 0 Å². The van der Waals surface area contributed by atoms with E-state index in [9.17, 15) is 19.2 Å². The number of amides is 1. The van der Waals surface area contributed by atoms with Crippen molar-refractivity contribution in [2.24, 2.45) is 0 Å². The lowest BCUT2D eigenvalue weighted by Gasteiger charge is -2.28. The molecule has 1 aromatic rings. The fourth-order valence-electron chi connectivity index (χ4n) is 2.27. The molecule has 0 fully saturated rings. The topological polar surface area (TPSA) is 131 Å². The summed E-state index contributed by atoms with van der Waals surface area (Å²) in [4.78, 5) is 48.3. The predicted molar refractivity (Wildman–Crippen MR) is 105 cm³/mol. The van der Waals surface area contributed by atoms with Crippen LogP contribution in [0.2, 0.25) is 0 Å². The highest BCUT2D eigenvalue weighted by Gasteiger charge is 2.30. The Labute approximate surface area is 175 Å². The Balaban J connectivity index is 2.73. The van der Waals surface area contributed by atoms with Gasteiger partial charge in [0.1, 0.15) is 24.8 Å². The third kappa shape index (κ3) is 9.87. The maximum atomic E-state index is 12.3. The van der Waals surface area contributed by atoms with Gasteiger partial charge in [0.2, 0.25) is 0 Å². The molecule has 1 amide bonds. The van der Waals surface area contributed by atoms with Crippen molar-refractivity contribution < 1.29 is 38.5 Å². The molecule has 10 heteroatoms. The van der Waals surface area contributed by atoms with Crippen molar-refractivity contribution in [3.63, 3.8) is 0 Å². The first-order valence-corrected chi connectivity index (χ1v) is 9.22. The zero-order valence-corrected chi connectivity index (χ0v) is 17.5. The van der Waals surface area contributed by atoms with E-state index in [-0.39, 0.29) is 19.7 Å². The van der Waals surface area contributed by atoms with Crippen LogP contribution in [-0.4, -0.2) is 72.4 Å². The number of rotatable bonds is 10.